The zero-order valence-corrected chi connectivity index (χ0v) is 13.9. The number of aromatic nitrogens is 2. The van der Waals surface area contributed by atoms with Gasteiger partial charge in [0.1, 0.15) is 0 Å². The smallest absolute Gasteiger partial charge is 0.227 e. The van der Waals surface area contributed by atoms with E-state index in [4.69, 9.17) is 5.73 Å². The van der Waals surface area contributed by atoms with Crippen LogP contribution in [0.25, 0.3) is 0 Å². The first-order chi connectivity index (χ1) is 10.3. The summed E-state index contributed by atoms with van der Waals surface area (Å²) in [6, 6.07) is 0. The molecule has 0 saturated carbocycles. The summed E-state index contributed by atoms with van der Waals surface area (Å²) >= 11 is 0. The Hall–Kier alpha value is -1.85. The minimum atomic E-state index is -0.313. The molecule has 0 bridgehead atoms. The monoisotopic (exact) mass is 306 g/mol. The molecular weight excluding hydrogens is 280 g/mol. The second kappa shape index (κ2) is 6.50. The van der Waals surface area contributed by atoms with Gasteiger partial charge in [0, 0.05) is 30.9 Å². The van der Waals surface area contributed by atoms with E-state index in [1.807, 2.05) is 18.5 Å². The van der Waals surface area contributed by atoms with E-state index in [1.165, 1.54) is 0 Å². The third kappa shape index (κ3) is 3.48. The van der Waals surface area contributed by atoms with Crippen LogP contribution in [0, 0.1) is 25.7 Å². The summed E-state index contributed by atoms with van der Waals surface area (Å²) in [5, 5.41) is 4.54. The van der Waals surface area contributed by atoms with Crippen molar-refractivity contribution in [3.05, 3.63) is 17.0 Å². The van der Waals surface area contributed by atoms with E-state index in [0.717, 1.165) is 23.5 Å². The highest BCUT2D eigenvalue weighted by Crippen LogP contribution is 2.20. The number of rotatable bonds is 5. The van der Waals surface area contributed by atoms with Gasteiger partial charge in [-0.15, -0.1) is 0 Å². The van der Waals surface area contributed by atoms with E-state index in [2.05, 4.69) is 18.9 Å². The van der Waals surface area contributed by atoms with Crippen molar-refractivity contribution in [3.8, 4) is 0 Å². The highest BCUT2D eigenvalue weighted by Gasteiger charge is 2.30. The zero-order chi connectivity index (χ0) is 16.4. The van der Waals surface area contributed by atoms with Crippen molar-refractivity contribution >= 4 is 11.8 Å². The molecule has 1 saturated heterocycles. The standard InChI is InChI=1S/C16H26N4O2/c1-10(2)8-20-12(4)14(11(3)18-20)7-15(21)19-6-5-13(9-19)16(17)22/h10,13H,5-9H2,1-4H3,(H2,17,22)/t13-/m1/s1. The molecule has 2 heterocycles. The lowest BCUT2D eigenvalue weighted by Crippen LogP contribution is -2.32. The molecule has 0 radical (unpaired) electrons. The Bertz CT molecular complexity index is 577. The number of primary amides is 1. The average Bonchev–Trinajstić information content (AvgIpc) is 3.00. The van der Waals surface area contributed by atoms with Gasteiger partial charge < -0.3 is 10.6 Å². The number of nitrogens with two attached hydrogens (primary N) is 1. The molecular formula is C16H26N4O2. The molecule has 0 spiro atoms. The van der Waals surface area contributed by atoms with Gasteiger partial charge in [-0.3, -0.25) is 14.3 Å². The normalized spacial score (nSPS) is 18.2. The van der Waals surface area contributed by atoms with Crippen LogP contribution in [-0.4, -0.2) is 39.6 Å². The van der Waals surface area contributed by atoms with Crippen LogP contribution in [0.3, 0.4) is 0 Å². The Morgan fingerprint density at radius 2 is 2.05 bits per heavy atom. The van der Waals surface area contributed by atoms with Gasteiger partial charge in [-0.25, -0.2) is 0 Å². The first-order valence-corrected chi connectivity index (χ1v) is 7.89. The molecule has 0 aliphatic carbocycles. The molecule has 6 nitrogen and oxygen atoms in total. The third-order valence-electron chi connectivity index (χ3n) is 4.34. The van der Waals surface area contributed by atoms with Crippen molar-refractivity contribution in [2.75, 3.05) is 13.1 Å². The number of carbonyl (C=O) groups is 2. The number of hydrogen-bond donors (Lipinski definition) is 1. The number of hydrogen-bond acceptors (Lipinski definition) is 3. The van der Waals surface area contributed by atoms with E-state index in [9.17, 15) is 9.59 Å². The second-order valence-electron chi connectivity index (χ2n) is 6.63. The quantitative estimate of drug-likeness (QED) is 0.882. The lowest BCUT2D eigenvalue weighted by atomic mass is 10.1. The van der Waals surface area contributed by atoms with Gasteiger partial charge in [0.05, 0.1) is 18.0 Å². The molecule has 1 fully saturated rings. The molecule has 0 aromatic carbocycles. The summed E-state index contributed by atoms with van der Waals surface area (Å²) in [4.78, 5) is 25.4. The molecule has 1 atom stereocenters. The Labute approximate surface area is 131 Å². The maximum absolute atomic E-state index is 12.5. The van der Waals surface area contributed by atoms with E-state index in [0.29, 0.717) is 31.8 Å². The van der Waals surface area contributed by atoms with Gasteiger partial charge in [-0.1, -0.05) is 13.8 Å². The summed E-state index contributed by atoms with van der Waals surface area (Å²) in [6.45, 7) is 10.2. The summed E-state index contributed by atoms with van der Waals surface area (Å²) < 4.78 is 1.98. The van der Waals surface area contributed by atoms with Crippen molar-refractivity contribution in [1.29, 1.82) is 0 Å². The maximum atomic E-state index is 12.5. The first kappa shape index (κ1) is 16.5. The van der Waals surface area contributed by atoms with Crippen molar-refractivity contribution in [3.63, 3.8) is 0 Å². The summed E-state index contributed by atoms with van der Waals surface area (Å²) in [5.74, 6) is 0.0535. The molecule has 2 N–H and O–H groups in total. The number of likely N-dealkylation sites (tertiary alicyclic amines) is 1. The number of amides is 2. The third-order valence-corrected chi connectivity index (χ3v) is 4.34. The summed E-state index contributed by atoms with van der Waals surface area (Å²) in [5.41, 5.74) is 8.30. The molecule has 1 aliphatic heterocycles. The first-order valence-electron chi connectivity index (χ1n) is 7.89. The van der Waals surface area contributed by atoms with Crippen LogP contribution in [-0.2, 0) is 22.6 Å². The molecule has 6 heteroatoms. The highest BCUT2D eigenvalue weighted by molar-refractivity contribution is 5.82. The summed E-state index contributed by atoms with van der Waals surface area (Å²) in [7, 11) is 0. The van der Waals surface area contributed by atoms with Gasteiger partial charge in [-0.2, -0.15) is 5.10 Å². The van der Waals surface area contributed by atoms with Crippen molar-refractivity contribution in [1.82, 2.24) is 14.7 Å². The van der Waals surface area contributed by atoms with Crippen LogP contribution >= 0.6 is 0 Å². The average molecular weight is 306 g/mol. The molecule has 122 valence electrons. The molecule has 0 unspecified atom stereocenters. The Morgan fingerprint density at radius 3 is 2.59 bits per heavy atom. The predicted octanol–water partition coefficient (Wildman–Crippen LogP) is 1.03. The van der Waals surface area contributed by atoms with Crippen LogP contribution < -0.4 is 5.73 Å². The topological polar surface area (TPSA) is 81.2 Å². The number of nitrogens with zero attached hydrogens (tertiary/aromatic N) is 3. The largest absolute Gasteiger partial charge is 0.369 e. The van der Waals surface area contributed by atoms with Crippen molar-refractivity contribution in [2.45, 2.75) is 47.1 Å². The van der Waals surface area contributed by atoms with Gasteiger partial charge in [0.2, 0.25) is 11.8 Å². The molecule has 1 aromatic heterocycles. The van der Waals surface area contributed by atoms with Crippen LogP contribution in [0.15, 0.2) is 0 Å². The number of carbonyl (C=O) groups excluding carboxylic acids is 2. The van der Waals surface area contributed by atoms with Crippen molar-refractivity contribution < 1.29 is 9.59 Å². The van der Waals surface area contributed by atoms with E-state index in [-0.39, 0.29) is 17.7 Å². The summed E-state index contributed by atoms with van der Waals surface area (Å²) in [6.07, 6.45) is 1.02. The Kier molecular flexibility index (Phi) is 4.88. The van der Waals surface area contributed by atoms with Crippen molar-refractivity contribution in [2.24, 2.45) is 17.6 Å². The molecule has 2 rings (SSSR count). The fourth-order valence-corrected chi connectivity index (χ4v) is 3.00. The number of aryl methyl sites for hydroxylation is 1. The molecule has 22 heavy (non-hydrogen) atoms. The van der Waals surface area contributed by atoms with Gasteiger partial charge in [-0.05, 0) is 26.2 Å². The molecule has 1 aromatic rings. The Balaban J connectivity index is 2.06. The fraction of sp³-hybridized carbons (Fsp3) is 0.688. The van der Waals surface area contributed by atoms with Gasteiger partial charge >= 0.3 is 0 Å². The predicted molar refractivity (Wildman–Crippen MR) is 84.1 cm³/mol. The lowest BCUT2D eigenvalue weighted by Gasteiger charge is -2.16. The minimum absolute atomic E-state index is 0.0547. The molecule has 1 aliphatic rings. The van der Waals surface area contributed by atoms with Crippen LogP contribution in [0.4, 0.5) is 0 Å². The van der Waals surface area contributed by atoms with Gasteiger partial charge in [0.25, 0.3) is 0 Å². The van der Waals surface area contributed by atoms with E-state index in [1.54, 1.807) is 4.90 Å². The minimum Gasteiger partial charge on any atom is -0.369 e. The second-order valence-corrected chi connectivity index (χ2v) is 6.63. The maximum Gasteiger partial charge on any atom is 0.227 e. The molecule has 2 amide bonds. The Morgan fingerprint density at radius 1 is 1.36 bits per heavy atom. The van der Waals surface area contributed by atoms with Gasteiger partial charge in [0.15, 0.2) is 0 Å². The highest BCUT2D eigenvalue weighted by atomic mass is 16.2. The lowest BCUT2D eigenvalue weighted by molar-refractivity contribution is -0.129. The van der Waals surface area contributed by atoms with E-state index < -0.39 is 0 Å². The van der Waals surface area contributed by atoms with Crippen LogP contribution in [0.5, 0.6) is 0 Å². The van der Waals surface area contributed by atoms with Crippen LogP contribution in [0.2, 0.25) is 0 Å². The SMILES string of the molecule is Cc1nn(CC(C)C)c(C)c1CC(=O)N1CC[C@@H](C(N)=O)C1. The van der Waals surface area contributed by atoms with Crippen LogP contribution in [0.1, 0.15) is 37.2 Å². The fourth-order valence-electron chi connectivity index (χ4n) is 3.00. The van der Waals surface area contributed by atoms with E-state index >= 15 is 0 Å². The zero-order valence-electron chi connectivity index (χ0n) is 13.9.